The minimum atomic E-state index is 0. The molecule has 1 rings (SSSR count). The first-order valence-corrected chi connectivity index (χ1v) is 5.42. The van der Waals surface area contributed by atoms with E-state index in [0.717, 1.165) is 11.1 Å². The Balaban J connectivity index is 0.00000256. The third kappa shape index (κ3) is 6.78. The van der Waals surface area contributed by atoms with Gasteiger partial charge >= 0.3 is 0 Å². The van der Waals surface area contributed by atoms with Crippen LogP contribution in [0.25, 0.3) is 6.08 Å². The first kappa shape index (κ1) is 15.7. The van der Waals surface area contributed by atoms with Crippen molar-refractivity contribution in [3.8, 4) is 6.07 Å². The zero-order valence-electron chi connectivity index (χ0n) is 10.5. The quantitative estimate of drug-likeness (QED) is 0.835. The normalized spacial score (nSPS) is 11.5. The molecule has 92 valence electrons. The highest BCUT2D eigenvalue weighted by Crippen LogP contribution is 2.07. The number of hydrogen-bond acceptors (Lipinski definition) is 2. The van der Waals surface area contributed by atoms with E-state index in [1.807, 2.05) is 36.4 Å². The van der Waals surface area contributed by atoms with Gasteiger partial charge in [0.2, 0.25) is 0 Å². The average molecular weight is 251 g/mol. The van der Waals surface area contributed by atoms with Crippen molar-refractivity contribution in [1.82, 2.24) is 5.32 Å². The lowest BCUT2D eigenvalue weighted by molar-refractivity contribution is 0.447. The number of rotatable bonds is 3. The molecule has 0 radical (unpaired) electrons. The molecule has 0 aromatic heterocycles. The van der Waals surface area contributed by atoms with Crippen LogP contribution in [0.4, 0.5) is 0 Å². The monoisotopic (exact) mass is 250 g/mol. The molecule has 3 heteroatoms. The van der Waals surface area contributed by atoms with Crippen molar-refractivity contribution in [2.75, 3.05) is 6.54 Å². The number of nitrogens with zero attached hydrogens (tertiary/aromatic N) is 1. The zero-order valence-corrected chi connectivity index (χ0v) is 11.3. The van der Waals surface area contributed by atoms with Gasteiger partial charge in [-0.3, -0.25) is 0 Å². The van der Waals surface area contributed by atoms with E-state index in [1.54, 1.807) is 0 Å². The standard InChI is InChI=1S/C14H18N2.ClH/c1-14(2,3)16-11-13(10-15)9-12-7-5-4-6-8-12;/h4-9,16H,11H2,1-3H3;1H. The zero-order chi connectivity index (χ0) is 12.0. The Kier molecular flexibility index (Phi) is 6.57. The number of nitrogens with one attached hydrogen (secondary N) is 1. The van der Waals surface area contributed by atoms with E-state index >= 15 is 0 Å². The molecule has 0 aliphatic rings. The molecular weight excluding hydrogens is 232 g/mol. The molecule has 0 amide bonds. The molecule has 1 aromatic rings. The van der Waals surface area contributed by atoms with E-state index in [2.05, 4.69) is 32.2 Å². The molecule has 0 heterocycles. The van der Waals surface area contributed by atoms with Gasteiger partial charge in [-0.1, -0.05) is 30.3 Å². The maximum Gasteiger partial charge on any atom is 0.0961 e. The van der Waals surface area contributed by atoms with Crippen LogP contribution in [0.15, 0.2) is 35.9 Å². The fourth-order valence-electron chi connectivity index (χ4n) is 1.23. The molecule has 1 N–H and O–H groups in total. The Hall–Kier alpha value is -1.30. The summed E-state index contributed by atoms with van der Waals surface area (Å²) in [6.45, 7) is 6.87. The number of benzene rings is 1. The SMILES string of the molecule is CC(C)(C)NCC(C#N)=Cc1ccccc1.Cl. The van der Waals surface area contributed by atoms with Crippen LogP contribution in [0.1, 0.15) is 26.3 Å². The molecule has 1 aromatic carbocycles. The van der Waals surface area contributed by atoms with Crippen LogP contribution in [0.5, 0.6) is 0 Å². The maximum absolute atomic E-state index is 9.03. The molecular formula is C14H19ClN2. The molecule has 0 bridgehead atoms. The van der Waals surface area contributed by atoms with Gasteiger partial charge in [0.1, 0.15) is 0 Å². The van der Waals surface area contributed by atoms with Crippen LogP contribution >= 0.6 is 12.4 Å². The van der Waals surface area contributed by atoms with Gasteiger partial charge in [-0.25, -0.2) is 0 Å². The largest absolute Gasteiger partial charge is 0.307 e. The second kappa shape index (κ2) is 7.11. The first-order valence-electron chi connectivity index (χ1n) is 5.42. The number of hydrogen-bond donors (Lipinski definition) is 1. The van der Waals surface area contributed by atoms with Gasteiger partial charge in [0.25, 0.3) is 0 Å². The smallest absolute Gasteiger partial charge is 0.0961 e. The Morgan fingerprint density at radius 2 is 1.88 bits per heavy atom. The lowest BCUT2D eigenvalue weighted by Gasteiger charge is -2.20. The van der Waals surface area contributed by atoms with Crippen molar-refractivity contribution < 1.29 is 0 Å². The van der Waals surface area contributed by atoms with Crippen molar-refractivity contribution in [3.05, 3.63) is 41.5 Å². The van der Waals surface area contributed by atoms with Crippen molar-refractivity contribution in [1.29, 1.82) is 5.26 Å². The lowest BCUT2D eigenvalue weighted by Crippen LogP contribution is -2.36. The predicted octanol–water partition coefficient (Wildman–Crippen LogP) is 3.40. The summed E-state index contributed by atoms with van der Waals surface area (Å²) in [6.07, 6.45) is 1.92. The van der Waals surface area contributed by atoms with Gasteiger partial charge in [0.15, 0.2) is 0 Å². The third-order valence-corrected chi connectivity index (χ3v) is 2.09. The highest BCUT2D eigenvalue weighted by atomic mass is 35.5. The van der Waals surface area contributed by atoms with Crippen LogP contribution < -0.4 is 5.32 Å². The highest BCUT2D eigenvalue weighted by molar-refractivity contribution is 5.85. The van der Waals surface area contributed by atoms with Crippen molar-refractivity contribution in [2.45, 2.75) is 26.3 Å². The molecule has 0 aliphatic carbocycles. The molecule has 2 nitrogen and oxygen atoms in total. The van der Waals surface area contributed by atoms with Crippen molar-refractivity contribution in [2.24, 2.45) is 0 Å². The molecule has 0 saturated carbocycles. The average Bonchev–Trinajstić information content (AvgIpc) is 2.24. The minimum absolute atomic E-state index is 0. The molecule has 17 heavy (non-hydrogen) atoms. The van der Waals surface area contributed by atoms with E-state index < -0.39 is 0 Å². The molecule has 0 fully saturated rings. The van der Waals surface area contributed by atoms with E-state index in [4.69, 9.17) is 5.26 Å². The Morgan fingerprint density at radius 1 is 1.29 bits per heavy atom. The van der Waals surface area contributed by atoms with Crippen molar-refractivity contribution >= 4 is 18.5 Å². The topological polar surface area (TPSA) is 35.8 Å². The summed E-state index contributed by atoms with van der Waals surface area (Å²) in [5.74, 6) is 0. The summed E-state index contributed by atoms with van der Waals surface area (Å²) in [5, 5.41) is 12.3. The molecule has 0 saturated heterocycles. The summed E-state index contributed by atoms with van der Waals surface area (Å²) < 4.78 is 0. The van der Waals surface area contributed by atoms with Gasteiger partial charge in [0, 0.05) is 17.7 Å². The second-order valence-corrected chi connectivity index (χ2v) is 4.80. The first-order chi connectivity index (χ1) is 7.51. The fourth-order valence-corrected chi connectivity index (χ4v) is 1.23. The van der Waals surface area contributed by atoms with Crippen LogP contribution in [-0.4, -0.2) is 12.1 Å². The van der Waals surface area contributed by atoms with E-state index in [-0.39, 0.29) is 17.9 Å². The molecule has 0 unspecified atom stereocenters. The maximum atomic E-state index is 9.03. The highest BCUT2D eigenvalue weighted by Gasteiger charge is 2.09. The van der Waals surface area contributed by atoms with Gasteiger partial charge in [-0.2, -0.15) is 5.26 Å². The summed E-state index contributed by atoms with van der Waals surface area (Å²) >= 11 is 0. The van der Waals surface area contributed by atoms with Gasteiger partial charge < -0.3 is 5.32 Å². The summed E-state index contributed by atoms with van der Waals surface area (Å²) in [6, 6.07) is 12.1. The Morgan fingerprint density at radius 3 is 2.35 bits per heavy atom. The number of halogens is 1. The van der Waals surface area contributed by atoms with Crippen LogP contribution in [0.3, 0.4) is 0 Å². The summed E-state index contributed by atoms with van der Waals surface area (Å²) in [7, 11) is 0. The lowest BCUT2D eigenvalue weighted by atomic mass is 10.1. The second-order valence-electron chi connectivity index (χ2n) is 4.80. The summed E-state index contributed by atoms with van der Waals surface area (Å²) in [4.78, 5) is 0. The van der Waals surface area contributed by atoms with Gasteiger partial charge in [-0.15, -0.1) is 12.4 Å². The van der Waals surface area contributed by atoms with E-state index in [9.17, 15) is 0 Å². The van der Waals surface area contributed by atoms with Crippen molar-refractivity contribution in [3.63, 3.8) is 0 Å². The van der Waals surface area contributed by atoms with Crippen LogP contribution in [-0.2, 0) is 0 Å². The predicted molar refractivity (Wildman–Crippen MR) is 75.0 cm³/mol. The Bertz CT molecular complexity index is 396. The molecule has 0 atom stereocenters. The van der Waals surface area contributed by atoms with Gasteiger partial charge in [0.05, 0.1) is 6.07 Å². The fraction of sp³-hybridized carbons (Fsp3) is 0.357. The van der Waals surface area contributed by atoms with E-state index in [1.165, 1.54) is 0 Å². The minimum Gasteiger partial charge on any atom is -0.307 e. The van der Waals surface area contributed by atoms with E-state index in [0.29, 0.717) is 6.54 Å². The number of nitriles is 1. The van der Waals surface area contributed by atoms with Gasteiger partial charge in [-0.05, 0) is 32.4 Å². The molecule has 0 spiro atoms. The third-order valence-electron chi connectivity index (χ3n) is 2.09. The molecule has 0 aliphatic heterocycles. The Labute approximate surface area is 110 Å². The van der Waals surface area contributed by atoms with Crippen LogP contribution in [0.2, 0.25) is 0 Å². The van der Waals surface area contributed by atoms with Crippen LogP contribution in [0, 0.1) is 11.3 Å². The summed E-state index contributed by atoms with van der Waals surface area (Å²) in [5.41, 5.74) is 1.85.